The van der Waals surface area contributed by atoms with Crippen LogP contribution in [0.3, 0.4) is 0 Å². The molecule has 0 rings (SSSR count). The number of rotatable bonds is 6. The molecule has 2 N–H and O–H groups in total. The van der Waals surface area contributed by atoms with Gasteiger partial charge < -0.3 is 10.4 Å². The first kappa shape index (κ1) is 15.4. The highest BCUT2D eigenvalue weighted by Gasteiger charge is 2.37. The monoisotopic (exact) mass is 247 g/mol. The Morgan fingerprint density at radius 2 is 1.40 bits per heavy atom. The van der Waals surface area contributed by atoms with E-state index in [1.165, 1.54) is 0 Å². The zero-order valence-electron chi connectivity index (χ0n) is 11.5. The molecule has 2 nitrogen and oxygen atoms in total. The maximum Gasteiger partial charge on any atom is 0.0661 e. The van der Waals surface area contributed by atoms with Gasteiger partial charge in [-0.15, -0.1) is 0 Å². The molecule has 0 saturated carbocycles. The zero-order valence-corrected chi connectivity index (χ0v) is 13.5. The number of nitrogens with one attached hydrogen (secondary N) is 1. The van der Waals surface area contributed by atoms with Gasteiger partial charge in [-0.1, -0.05) is 46.2 Å². The van der Waals surface area contributed by atoms with Crippen molar-refractivity contribution in [2.24, 2.45) is 0 Å². The largest absolute Gasteiger partial charge is 0.392 e. The van der Waals surface area contributed by atoms with Crippen molar-refractivity contribution < 1.29 is 5.11 Å². The second kappa shape index (κ2) is 5.61. The van der Waals surface area contributed by atoms with Crippen LogP contribution in [0.2, 0.25) is 39.3 Å². The van der Waals surface area contributed by atoms with E-state index in [0.29, 0.717) is 5.29 Å². The maximum absolute atomic E-state index is 9.61. The Hall–Kier alpha value is 0.354. The summed E-state index contributed by atoms with van der Waals surface area (Å²) >= 11 is 0. The first-order valence-corrected chi connectivity index (χ1v) is 13.2. The summed E-state index contributed by atoms with van der Waals surface area (Å²) in [6, 6.07) is 0. The number of hydrogen-bond donors (Lipinski definition) is 2. The van der Waals surface area contributed by atoms with E-state index in [1.807, 2.05) is 6.92 Å². The van der Waals surface area contributed by atoms with Crippen LogP contribution >= 0.6 is 0 Å². The molecule has 0 fully saturated rings. The summed E-state index contributed by atoms with van der Waals surface area (Å²) in [4.78, 5) is 0. The van der Waals surface area contributed by atoms with Crippen molar-refractivity contribution in [2.45, 2.75) is 64.0 Å². The average molecular weight is 248 g/mol. The number of hydrogen-bond acceptors (Lipinski definition) is 2. The van der Waals surface area contributed by atoms with Crippen LogP contribution in [0.4, 0.5) is 0 Å². The van der Waals surface area contributed by atoms with Gasteiger partial charge in [-0.05, 0) is 11.7 Å². The van der Waals surface area contributed by atoms with Gasteiger partial charge in [0.15, 0.2) is 0 Å². The molecule has 1 atom stereocenters. The van der Waals surface area contributed by atoms with E-state index in [9.17, 15) is 5.11 Å². The van der Waals surface area contributed by atoms with Crippen LogP contribution in [-0.2, 0) is 0 Å². The Balaban J connectivity index is 4.42. The SMILES string of the molecule is CCC(O)CNC([Si](C)(C)C)[Si](C)(C)C. The Labute approximate surface area is 97.5 Å². The highest BCUT2D eigenvalue weighted by atomic mass is 28.4. The molecule has 0 aromatic heterocycles. The normalized spacial score (nSPS) is 15.8. The Morgan fingerprint density at radius 1 is 1.00 bits per heavy atom. The molecule has 0 saturated heterocycles. The van der Waals surface area contributed by atoms with E-state index in [-0.39, 0.29) is 6.10 Å². The van der Waals surface area contributed by atoms with Crippen LogP contribution in [0.25, 0.3) is 0 Å². The third-order valence-electron chi connectivity index (χ3n) is 2.76. The Morgan fingerprint density at radius 3 is 1.67 bits per heavy atom. The molecule has 0 heterocycles. The fourth-order valence-electron chi connectivity index (χ4n) is 2.31. The first-order valence-electron chi connectivity index (χ1n) is 6.00. The molecule has 0 spiro atoms. The van der Waals surface area contributed by atoms with Gasteiger partial charge in [0.25, 0.3) is 0 Å². The Kier molecular flexibility index (Phi) is 5.75. The molecular weight excluding hydrogens is 218 g/mol. The van der Waals surface area contributed by atoms with E-state index < -0.39 is 16.1 Å². The van der Waals surface area contributed by atoms with Gasteiger partial charge >= 0.3 is 0 Å². The summed E-state index contributed by atoms with van der Waals surface area (Å²) in [5.74, 6) is 0. The highest BCUT2D eigenvalue weighted by molar-refractivity contribution is 6.96. The van der Waals surface area contributed by atoms with Gasteiger partial charge in [0.05, 0.1) is 22.3 Å². The summed E-state index contributed by atoms with van der Waals surface area (Å²) in [5, 5.41) is 13.9. The van der Waals surface area contributed by atoms with Crippen molar-refractivity contribution >= 4 is 16.1 Å². The lowest BCUT2D eigenvalue weighted by Crippen LogP contribution is -2.62. The minimum absolute atomic E-state index is 0.180. The molecule has 0 aromatic carbocycles. The molecule has 0 amide bonds. The molecule has 4 heteroatoms. The smallest absolute Gasteiger partial charge is 0.0661 e. The summed E-state index contributed by atoms with van der Waals surface area (Å²) < 4.78 is 0. The van der Waals surface area contributed by atoms with Crippen molar-refractivity contribution in [2.75, 3.05) is 6.54 Å². The third kappa shape index (κ3) is 5.85. The van der Waals surface area contributed by atoms with Gasteiger partial charge in [0.2, 0.25) is 0 Å². The molecule has 0 aliphatic rings. The molecule has 0 aromatic rings. The predicted octanol–water partition coefficient (Wildman–Crippen LogP) is 2.47. The summed E-state index contributed by atoms with van der Waals surface area (Å²) in [6.45, 7) is 17.3. The van der Waals surface area contributed by atoms with E-state index in [0.717, 1.165) is 13.0 Å². The average Bonchev–Trinajstić information content (AvgIpc) is 1.99. The van der Waals surface area contributed by atoms with Gasteiger partial charge in [-0.3, -0.25) is 0 Å². The molecule has 0 aliphatic heterocycles. The van der Waals surface area contributed by atoms with Gasteiger partial charge in [-0.25, -0.2) is 0 Å². The quantitative estimate of drug-likeness (QED) is 0.707. The van der Waals surface area contributed by atoms with Crippen LogP contribution in [0.1, 0.15) is 13.3 Å². The molecule has 92 valence electrons. The fraction of sp³-hybridized carbons (Fsp3) is 1.00. The first-order chi connectivity index (χ1) is 6.59. The lowest BCUT2D eigenvalue weighted by atomic mass is 10.3. The molecule has 0 aliphatic carbocycles. The van der Waals surface area contributed by atoms with Gasteiger partial charge in [-0.2, -0.15) is 0 Å². The zero-order chi connectivity index (χ0) is 12.3. The maximum atomic E-state index is 9.61. The highest BCUT2D eigenvalue weighted by Crippen LogP contribution is 2.18. The van der Waals surface area contributed by atoms with E-state index >= 15 is 0 Å². The van der Waals surface area contributed by atoms with E-state index in [1.54, 1.807) is 0 Å². The molecule has 0 bridgehead atoms. The van der Waals surface area contributed by atoms with Crippen LogP contribution in [0.5, 0.6) is 0 Å². The minimum atomic E-state index is -1.16. The lowest BCUT2D eigenvalue weighted by Gasteiger charge is -2.39. The van der Waals surface area contributed by atoms with Crippen molar-refractivity contribution in [1.29, 1.82) is 0 Å². The summed E-state index contributed by atoms with van der Waals surface area (Å²) in [7, 11) is -2.32. The number of aliphatic hydroxyl groups excluding tert-OH is 1. The second-order valence-corrected chi connectivity index (χ2v) is 17.8. The lowest BCUT2D eigenvalue weighted by molar-refractivity contribution is 0.168. The third-order valence-corrected chi connectivity index (χ3v) is 11.8. The van der Waals surface area contributed by atoms with Crippen LogP contribution < -0.4 is 5.32 Å². The second-order valence-electron chi connectivity index (χ2n) is 6.64. The van der Waals surface area contributed by atoms with Crippen molar-refractivity contribution in [1.82, 2.24) is 5.32 Å². The predicted molar refractivity (Wildman–Crippen MR) is 74.8 cm³/mol. The molecular formula is C11H29NOSi2. The van der Waals surface area contributed by atoms with E-state index in [4.69, 9.17) is 0 Å². The van der Waals surface area contributed by atoms with Crippen LogP contribution in [0, 0.1) is 0 Å². The Bertz CT molecular complexity index is 170. The molecule has 15 heavy (non-hydrogen) atoms. The molecule has 1 unspecified atom stereocenters. The van der Waals surface area contributed by atoms with Gasteiger partial charge in [0, 0.05) is 6.54 Å². The van der Waals surface area contributed by atoms with Crippen LogP contribution in [-0.4, -0.2) is 39.2 Å². The minimum Gasteiger partial charge on any atom is -0.392 e. The van der Waals surface area contributed by atoms with Crippen molar-refractivity contribution in [3.8, 4) is 0 Å². The fourth-order valence-corrected chi connectivity index (χ4v) is 14.2. The summed E-state index contributed by atoms with van der Waals surface area (Å²) in [5.41, 5.74) is 0. The van der Waals surface area contributed by atoms with Crippen LogP contribution in [0.15, 0.2) is 0 Å². The number of aliphatic hydroxyl groups is 1. The molecule has 0 radical (unpaired) electrons. The van der Waals surface area contributed by atoms with Gasteiger partial charge in [0.1, 0.15) is 0 Å². The standard InChI is InChI=1S/C11H29NOSi2/c1-8-10(13)9-12-11(14(2,3)4)15(5,6)7/h10-13H,8-9H2,1-7H3. The summed E-state index contributed by atoms with van der Waals surface area (Å²) in [6.07, 6.45) is 0.664. The van der Waals surface area contributed by atoms with E-state index in [2.05, 4.69) is 44.6 Å². The topological polar surface area (TPSA) is 32.3 Å². The van der Waals surface area contributed by atoms with Crippen molar-refractivity contribution in [3.63, 3.8) is 0 Å². The van der Waals surface area contributed by atoms with Crippen molar-refractivity contribution in [3.05, 3.63) is 0 Å².